The van der Waals surface area contributed by atoms with Crippen LogP contribution >= 0.6 is 0 Å². The van der Waals surface area contributed by atoms with E-state index in [0.717, 1.165) is 0 Å². The van der Waals surface area contributed by atoms with E-state index >= 15 is 0 Å². The van der Waals surface area contributed by atoms with Crippen molar-refractivity contribution in [2.45, 2.75) is 64.8 Å². The van der Waals surface area contributed by atoms with Gasteiger partial charge in [-0.25, -0.2) is 9.98 Å². The predicted molar refractivity (Wildman–Crippen MR) is 152 cm³/mol. The van der Waals surface area contributed by atoms with Gasteiger partial charge in [-0.1, -0.05) is 84.9 Å². The zero-order chi connectivity index (χ0) is 26.0. The monoisotopic (exact) mass is 490 g/mol. The maximum Gasteiger partial charge on any atom is 0.199 e. The van der Waals surface area contributed by atoms with Crippen LogP contribution in [0.1, 0.15) is 64.8 Å². The fourth-order valence-corrected chi connectivity index (χ4v) is 5.74. The number of aliphatic imine (C=N–C) groups is 2. The van der Waals surface area contributed by atoms with Crippen LogP contribution in [0.15, 0.2) is 94.9 Å². The predicted octanol–water partition coefficient (Wildman–Crippen LogP) is 8.22. The Bertz CT molecular complexity index is 1450. The largest absolute Gasteiger partial charge is 0.472 e. The van der Waals surface area contributed by atoms with E-state index < -0.39 is 16.6 Å². The van der Waals surface area contributed by atoms with Crippen LogP contribution in [0.3, 0.4) is 0 Å². The van der Waals surface area contributed by atoms with Gasteiger partial charge in [0, 0.05) is 0 Å². The maximum absolute atomic E-state index is 6.61. The van der Waals surface area contributed by atoms with Gasteiger partial charge in [-0.15, -0.1) is 0 Å². The molecular weight excluding hydrogens is 456 g/mol. The molecule has 0 unspecified atom stereocenters. The summed E-state index contributed by atoms with van der Waals surface area (Å²) >= 11 is 0. The topological polar surface area (TPSA) is 43.2 Å². The van der Waals surface area contributed by atoms with E-state index in [-0.39, 0.29) is 12.1 Å². The van der Waals surface area contributed by atoms with Crippen molar-refractivity contribution in [3.05, 3.63) is 96.1 Å². The van der Waals surface area contributed by atoms with Crippen LogP contribution in [0.4, 0.5) is 0 Å². The van der Waals surface area contributed by atoms with E-state index in [9.17, 15) is 0 Å². The Balaban J connectivity index is 1.41. The number of nitrogens with zero attached hydrogens (tertiary/aromatic N) is 2. The van der Waals surface area contributed by atoms with Crippen molar-refractivity contribution in [3.8, 4) is 0 Å². The summed E-state index contributed by atoms with van der Waals surface area (Å²) in [5.41, 5.74) is 0.739. The van der Waals surface area contributed by atoms with E-state index in [4.69, 9.17) is 19.5 Å². The highest BCUT2D eigenvalue weighted by Gasteiger charge is 2.51. The summed E-state index contributed by atoms with van der Waals surface area (Å²) in [4.78, 5) is 10.4. The fraction of sp³-hybridized carbons (Fsp3) is 0.333. The molecule has 0 radical (unpaired) electrons. The van der Waals surface area contributed by atoms with Crippen LogP contribution in [0.5, 0.6) is 0 Å². The molecule has 188 valence electrons. The molecule has 2 aliphatic rings. The smallest absolute Gasteiger partial charge is 0.199 e. The molecule has 2 atom stereocenters. The average molecular weight is 491 g/mol. The Morgan fingerprint density at radius 3 is 1.38 bits per heavy atom. The Morgan fingerprint density at radius 1 is 0.568 bits per heavy atom. The van der Waals surface area contributed by atoms with Crippen molar-refractivity contribution in [1.82, 2.24) is 0 Å². The molecule has 4 nitrogen and oxygen atoms in total. The first-order chi connectivity index (χ1) is 17.6. The molecule has 0 fully saturated rings. The quantitative estimate of drug-likeness (QED) is 0.289. The van der Waals surface area contributed by atoms with Crippen molar-refractivity contribution in [2.24, 2.45) is 15.4 Å². The summed E-state index contributed by atoms with van der Waals surface area (Å²) in [5, 5.41) is 4.84. The second kappa shape index (κ2) is 8.17. The highest BCUT2D eigenvalue weighted by molar-refractivity contribution is 6.06. The van der Waals surface area contributed by atoms with Crippen LogP contribution in [-0.2, 0) is 9.47 Å². The summed E-state index contributed by atoms with van der Waals surface area (Å²) in [6.45, 7) is 12.7. The molecular formula is C33H34N2O2. The van der Waals surface area contributed by atoms with Gasteiger partial charge in [0.05, 0.1) is 0 Å². The van der Waals surface area contributed by atoms with Crippen molar-refractivity contribution >= 4 is 33.3 Å². The third-order valence-corrected chi connectivity index (χ3v) is 7.83. The number of hydrogen-bond acceptors (Lipinski definition) is 4. The molecule has 0 spiro atoms. The van der Waals surface area contributed by atoms with Gasteiger partial charge in [0.15, 0.2) is 11.8 Å². The second-order valence-corrected chi connectivity index (χ2v) is 11.8. The van der Waals surface area contributed by atoms with Gasteiger partial charge in [-0.3, -0.25) is 0 Å². The minimum absolute atomic E-state index is 0.128. The van der Waals surface area contributed by atoms with Crippen molar-refractivity contribution in [1.29, 1.82) is 0 Å². The first-order valence-electron chi connectivity index (χ1n) is 13.1. The first kappa shape index (κ1) is 23.7. The van der Waals surface area contributed by atoms with Gasteiger partial charge in [0.25, 0.3) is 0 Å². The molecule has 2 aliphatic heterocycles. The molecule has 4 heteroatoms. The standard InChI is InChI=1S/C33H34N2O2/c1-31(2,29-34-27(32(3,4)36-29)25-19-11-15-21-13-7-9-17-23(21)25)30-35-28(33(5,6)37-30)26-20-12-16-22-14-8-10-18-24(22)26/h7-20,27-28H,1-6H3/t27-,28-/m0/s1. The lowest BCUT2D eigenvalue weighted by Gasteiger charge is -2.31. The van der Waals surface area contributed by atoms with E-state index in [1.807, 2.05) is 0 Å². The molecule has 0 aliphatic carbocycles. The molecule has 2 heterocycles. The third-order valence-electron chi connectivity index (χ3n) is 7.83. The Morgan fingerprint density at radius 2 is 0.946 bits per heavy atom. The normalized spacial score (nSPS) is 22.4. The minimum atomic E-state index is -0.618. The van der Waals surface area contributed by atoms with Crippen LogP contribution in [-0.4, -0.2) is 23.0 Å². The number of hydrogen-bond donors (Lipinski definition) is 0. The Kier molecular flexibility index (Phi) is 5.24. The zero-order valence-corrected chi connectivity index (χ0v) is 22.4. The lowest BCUT2D eigenvalue weighted by molar-refractivity contribution is 0.0737. The van der Waals surface area contributed by atoms with Crippen molar-refractivity contribution in [2.75, 3.05) is 0 Å². The first-order valence-corrected chi connectivity index (χ1v) is 13.1. The Labute approximate surface area is 219 Å². The molecule has 0 aromatic heterocycles. The van der Waals surface area contributed by atoms with Gasteiger partial charge >= 0.3 is 0 Å². The molecule has 0 amide bonds. The minimum Gasteiger partial charge on any atom is -0.472 e. The molecule has 0 N–H and O–H groups in total. The van der Waals surface area contributed by atoms with Gasteiger partial charge in [-0.2, -0.15) is 0 Å². The average Bonchev–Trinajstić information content (AvgIpc) is 3.38. The van der Waals surface area contributed by atoms with Crippen molar-refractivity contribution < 1.29 is 9.47 Å². The van der Waals surface area contributed by atoms with Gasteiger partial charge in [0.1, 0.15) is 28.7 Å². The maximum atomic E-state index is 6.61. The highest BCUT2D eigenvalue weighted by atomic mass is 16.5. The van der Waals surface area contributed by atoms with Crippen LogP contribution in [0.2, 0.25) is 0 Å². The lowest BCUT2D eigenvalue weighted by atomic mass is 9.89. The van der Waals surface area contributed by atoms with Crippen molar-refractivity contribution in [3.63, 3.8) is 0 Å². The summed E-state index contributed by atoms with van der Waals surface area (Å²) in [6, 6.07) is 29.5. The molecule has 0 saturated carbocycles. The second-order valence-electron chi connectivity index (χ2n) is 11.8. The molecule has 0 bridgehead atoms. The van der Waals surface area contributed by atoms with Gasteiger partial charge in [0.2, 0.25) is 0 Å². The van der Waals surface area contributed by atoms with Crippen LogP contribution in [0.25, 0.3) is 21.5 Å². The summed E-state index contributed by atoms with van der Waals surface area (Å²) in [6.07, 6.45) is 0. The van der Waals surface area contributed by atoms with Crippen LogP contribution in [0, 0.1) is 5.41 Å². The Hall–Kier alpha value is -3.66. The SMILES string of the molecule is CC(C)(C1=N[C@@H](c2cccc3ccccc23)C(C)(C)O1)C1=N[C@@H](c2cccc3ccccc23)C(C)(C)O1. The molecule has 0 saturated heterocycles. The summed E-state index contributed by atoms with van der Waals surface area (Å²) in [5.74, 6) is 1.34. The van der Waals surface area contributed by atoms with E-state index in [1.54, 1.807) is 0 Å². The van der Waals surface area contributed by atoms with E-state index in [2.05, 4.69) is 126 Å². The number of rotatable bonds is 4. The molecule has 6 rings (SSSR count). The highest BCUT2D eigenvalue weighted by Crippen LogP contribution is 2.47. The summed E-state index contributed by atoms with van der Waals surface area (Å²) in [7, 11) is 0. The number of fused-ring (bicyclic) bond motifs is 2. The van der Waals surface area contributed by atoms with Gasteiger partial charge < -0.3 is 9.47 Å². The van der Waals surface area contributed by atoms with E-state index in [1.165, 1.54) is 32.7 Å². The third kappa shape index (κ3) is 3.81. The summed E-state index contributed by atoms with van der Waals surface area (Å²) < 4.78 is 13.2. The molecule has 37 heavy (non-hydrogen) atoms. The van der Waals surface area contributed by atoms with E-state index in [0.29, 0.717) is 11.8 Å². The zero-order valence-electron chi connectivity index (χ0n) is 22.4. The fourth-order valence-electron chi connectivity index (χ4n) is 5.74. The molecule has 4 aromatic rings. The number of benzene rings is 4. The molecule has 4 aromatic carbocycles. The number of ether oxygens (including phenoxy) is 2. The lowest BCUT2D eigenvalue weighted by Crippen LogP contribution is -2.39. The van der Waals surface area contributed by atoms with Gasteiger partial charge in [-0.05, 0) is 74.2 Å². The van der Waals surface area contributed by atoms with Crippen LogP contribution < -0.4 is 0 Å².